The molecule has 3 heteroatoms. The number of morpholine rings is 1. The number of aryl methyl sites for hydroxylation is 1. The Morgan fingerprint density at radius 2 is 2.22 bits per heavy atom. The van der Waals surface area contributed by atoms with Gasteiger partial charge >= 0.3 is 0 Å². The monoisotopic (exact) mass is 248 g/mol. The van der Waals surface area contributed by atoms with Crippen LogP contribution in [-0.4, -0.2) is 38.9 Å². The first-order chi connectivity index (χ1) is 8.86. The molecule has 1 atom stereocenters. The van der Waals surface area contributed by atoms with Gasteiger partial charge in [-0.3, -0.25) is 0 Å². The van der Waals surface area contributed by atoms with Crippen molar-refractivity contribution >= 4 is 0 Å². The Morgan fingerprint density at radius 3 is 3.00 bits per heavy atom. The summed E-state index contributed by atoms with van der Waals surface area (Å²) in [6.45, 7) is 7.01. The molecule has 0 bridgehead atoms. The lowest BCUT2D eigenvalue weighted by atomic mass is 10.1. The molecule has 100 valence electrons. The van der Waals surface area contributed by atoms with Crippen molar-refractivity contribution in [2.75, 3.05) is 32.8 Å². The van der Waals surface area contributed by atoms with Crippen LogP contribution in [0.1, 0.15) is 17.5 Å². The molecular formula is C15H24N2O. The zero-order valence-corrected chi connectivity index (χ0v) is 11.2. The molecule has 1 aromatic carbocycles. The van der Waals surface area contributed by atoms with E-state index < -0.39 is 0 Å². The number of benzene rings is 1. The maximum absolute atomic E-state index is 5.43. The highest BCUT2D eigenvalue weighted by Gasteiger charge is 2.11. The van der Waals surface area contributed by atoms with E-state index in [2.05, 4.69) is 41.8 Å². The fraction of sp³-hybridized carbons (Fsp3) is 0.600. The van der Waals surface area contributed by atoms with Crippen LogP contribution in [0.5, 0.6) is 0 Å². The van der Waals surface area contributed by atoms with Gasteiger partial charge in [0.1, 0.15) is 0 Å². The standard InChI is InChI=1S/C15H24N2O/c1-13-4-2-3-5-14(13)6-8-16-9-7-15-12-18-11-10-17-15/h2-5,15-17H,6-12H2,1H3. The van der Waals surface area contributed by atoms with Gasteiger partial charge in [0, 0.05) is 12.6 Å². The second kappa shape index (κ2) is 7.52. The average molecular weight is 248 g/mol. The third-order valence-corrected chi connectivity index (χ3v) is 3.50. The normalized spacial score (nSPS) is 19.9. The first-order valence-corrected chi connectivity index (χ1v) is 6.92. The van der Waals surface area contributed by atoms with E-state index in [9.17, 15) is 0 Å². The van der Waals surface area contributed by atoms with Crippen LogP contribution in [-0.2, 0) is 11.2 Å². The third kappa shape index (κ3) is 4.41. The fourth-order valence-electron chi connectivity index (χ4n) is 2.32. The molecular weight excluding hydrogens is 224 g/mol. The molecule has 0 amide bonds. The van der Waals surface area contributed by atoms with Crippen molar-refractivity contribution < 1.29 is 4.74 Å². The van der Waals surface area contributed by atoms with Gasteiger partial charge in [-0.1, -0.05) is 24.3 Å². The van der Waals surface area contributed by atoms with Crippen LogP contribution < -0.4 is 10.6 Å². The molecule has 1 aromatic rings. The zero-order chi connectivity index (χ0) is 12.6. The minimum Gasteiger partial charge on any atom is -0.379 e. The van der Waals surface area contributed by atoms with Crippen molar-refractivity contribution in [3.05, 3.63) is 35.4 Å². The lowest BCUT2D eigenvalue weighted by Crippen LogP contribution is -2.42. The van der Waals surface area contributed by atoms with Gasteiger partial charge in [0.2, 0.25) is 0 Å². The van der Waals surface area contributed by atoms with Crippen LogP contribution in [0, 0.1) is 6.92 Å². The largest absolute Gasteiger partial charge is 0.379 e. The Bertz CT molecular complexity index is 348. The molecule has 2 rings (SSSR count). The molecule has 1 saturated heterocycles. The van der Waals surface area contributed by atoms with Crippen molar-refractivity contribution in [2.24, 2.45) is 0 Å². The van der Waals surface area contributed by atoms with Crippen molar-refractivity contribution in [1.29, 1.82) is 0 Å². The second-order valence-corrected chi connectivity index (χ2v) is 4.94. The van der Waals surface area contributed by atoms with Crippen LogP contribution >= 0.6 is 0 Å². The topological polar surface area (TPSA) is 33.3 Å². The van der Waals surface area contributed by atoms with Crippen LogP contribution in [0.25, 0.3) is 0 Å². The fourth-order valence-corrected chi connectivity index (χ4v) is 2.32. The second-order valence-electron chi connectivity index (χ2n) is 4.94. The smallest absolute Gasteiger partial charge is 0.0620 e. The van der Waals surface area contributed by atoms with Crippen LogP contribution in [0.3, 0.4) is 0 Å². The lowest BCUT2D eigenvalue weighted by Gasteiger charge is -2.23. The molecule has 1 aliphatic rings. The Kier molecular flexibility index (Phi) is 5.65. The number of ether oxygens (including phenoxy) is 1. The first-order valence-electron chi connectivity index (χ1n) is 6.92. The van der Waals surface area contributed by atoms with Crippen LogP contribution in [0.15, 0.2) is 24.3 Å². The van der Waals surface area contributed by atoms with E-state index >= 15 is 0 Å². The van der Waals surface area contributed by atoms with Gasteiger partial charge < -0.3 is 15.4 Å². The van der Waals surface area contributed by atoms with E-state index in [4.69, 9.17) is 4.74 Å². The maximum Gasteiger partial charge on any atom is 0.0620 e. The van der Waals surface area contributed by atoms with Gasteiger partial charge in [-0.05, 0) is 44.0 Å². The Morgan fingerprint density at radius 1 is 1.33 bits per heavy atom. The number of nitrogens with one attached hydrogen (secondary N) is 2. The highest BCUT2D eigenvalue weighted by molar-refractivity contribution is 5.25. The molecule has 2 N–H and O–H groups in total. The minimum absolute atomic E-state index is 0.532. The summed E-state index contributed by atoms with van der Waals surface area (Å²) in [4.78, 5) is 0. The molecule has 0 saturated carbocycles. The molecule has 1 unspecified atom stereocenters. The summed E-state index contributed by atoms with van der Waals surface area (Å²) in [6.07, 6.45) is 2.26. The average Bonchev–Trinajstić information content (AvgIpc) is 2.42. The van der Waals surface area contributed by atoms with E-state index in [1.54, 1.807) is 0 Å². The summed E-state index contributed by atoms with van der Waals surface area (Å²) < 4.78 is 5.43. The van der Waals surface area contributed by atoms with E-state index in [0.717, 1.165) is 45.7 Å². The van der Waals surface area contributed by atoms with Crippen LogP contribution in [0.2, 0.25) is 0 Å². The zero-order valence-electron chi connectivity index (χ0n) is 11.2. The highest BCUT2D eigenvalue weighted by atomic mass is 16.5. The van der Waals surface area contributed by atoms with Gasteiger partial charge in [0.05, 0.1) is 13.2 Å². The molecule has 3 nitrogen and oxygen atoms in total. The van der Waals surface area contributed by atoms with E-state index in [0.29, 0.717) is 6.04 Å². The number of rotatable bonds is 6. The molecule has 18 heavy (non-hydrogen) atoms. The van der Waals surface area contributed by atoms with E-state index in [1.807, 2.05) is 0 Å². The Balaban J connectivity index is 1.57. The summed E-state index contributed by atoms with van der Waals surface area (Å²) in [5, 5.41) is 6.98. The molecule has 1 fully saturated rings. The van der Waals surface area contributed by atoms with Gasteiger partial charge in [-0.15, -0.1) is 0 Å². The molecule has 0 radical (unpaired) electrons. The summed E-state index contributed by atoms with van der Waals surface area (Å²) in [5.74, 6) is 0. The number of hydrogen-bond donors (Lipinski definition) is 2. The Labute approximate surface area is 110 Å². The summed E-state index contributed by atoms with van der Waals surface area (Å²) in [5.41, 5.74) is 2.84. The van der Waals surface area contributed by atoms with Gasteiger partial charge in [0.15, 0.2) is 0 Å². The van der Waals surface area contributed by atoms with Crippen molar-refractivity contribution in [2.45, 2.75) is 25.8 Å². The molecule has 1 heterocycles. The third-order valence-electron chi connectivity index (χ3n) is 3.50. The highest BCUT2D eigenvalue weighted by Crippen LogP contribution is 2.06. The molecule has 0 spiro atoms. The molecule has 1 aliphatic heterocycles. The minimum atomic E-state index is 0.532. The number of hydrogen-bond acceptors (Lipinski definition) is 3. The lowest BCUT2D eigenvalue weighted by molar-refractivity contribution is 0.0743. The van der Waals surface area contributed by atoms with Gasteiger partial charge in [-0.2, -0.15) is 0 Å². The Hall–Kier alpha value is -0.900. The quantitative estimate of drug-likeness (QED) is 0.749. The van der Waals surface area contributed by atoms with Crippen molar-refractivity contribution in [3.63, 3.8) is 0 Å². The van der Waals surface area contributed by atoms with Crippen LogP contribution in [0.4, 0.5) is 0 Å². The maximum atomic E-state index is 5.43. The summed E-state index contributed by atoms with van der Waals surface area (Å²) >= 11 is 0. The predicted molar refractivity (Wildman–Crippen MR) is 75.0 cm³/mol. The van der Waals surface area contributed by atoms with Gasteiger partial charge in [0.25, 0.3) is 0 Å². The SMILES string of the molecule is Cc1ccccc1CCNCCC1COCCN1. The molecule has 0 aliphatic carbocycles. The van der Waals surface area contributed by atoms with Crippen molar-refractivity contribution in [1.82, 2.24) is 10.6 Å². The van der Waals surface area contributed by atoms with Crippen molar-refractivity contribution in [3.8, 4) is 0 Å². The van der Waals surface area contributed by atoms with E-state index in [-0.39, 0.29) is 0 Å². The first kappa shape index (κ1) is 13.5. The molecule has 0 aromatic heterocycles. The summed E-state index contributed by atoms with van der Waals surface area (Å²) in [6, 6.07) is 9.14. The van der Waals surface area contributed by atoms with E-state index in [1.165, 1.54) is 11.1 Å². The van der Waals surface area contributed by atoms with Gasteiger partial charge in [-0.25, -0.2) is 0 Å². The predicted octanol–water partition coefficient (Wildman–Crippen LogP) is 1.51. The summed E-state index contributed by atoms with van der Waals surface area (Å²) in [7, 11) is 0.